The Kier molecular flexibility index (Phi) is 7.10. The minimum atomic E-state index is -2.12. The highest BCUT2D eigenvalue weighted by atomic mass is 16.7. The predicted molar refractivity (Wildman–Crippen MR) is 139 cm³/mol. The number of nitrogens with zero attached hydrogens (tertiary/aromatic N) is 1. The summed E-state index contributed by atoms with van der Waals surface area (Å²) >= 11 is 0. The monoisotopic (exact) mass is 545 g/mol. The van der Waals surface area contributed by atoms with Crippen molar-refractivity contribution < 1.29 is 43.5 Å². The summed E-state index contributed by atoms with van der Waals surface area (Å²) in [7, 11) is 2.75. The van der Waals surface area contributed by atoms with Gasteiger partial charge in [-0.15, -0.1) is 0 Å². The summed E-state index contributed by atoms with van der Waals surface area (Å²) in [5.41, 5.74) is -1.48. The predicted octanol–water partition coefficient (Wildman–Crippen LogP) is 3.10. The Balaban J connectivity index is 1.51. The molecule has 3 aliphatic heterocycles. The lowest BCUT2D eigenvalue weighted by Crippen LogP contribution is -2.53. The minimum absolute atomic E-state index is 0.0715. The van der Waals surface area contributed by atoms with Crippen LogP contribution in [0.3, 0.4) is 0 Å². The second kappa shape index (κ2) is 9.98. The van der Waals surface area contributed by atoms with Crippen LogP contribution < -0.4 is 9.47 Å². The number of benzene rings is 1. The number of hydrogen-bond donors (Lipinski definition) is 2. The van der Waals surface area contributed by atoms with Crippen LogP contribution in [0.5, 0.6) is 11.5 Å². The van der Waals surface area contributed by atoms with Gasteiger partial charge in [0.1, 0.15) is 5.76 Å². The molecule has 1 aliphatic carbocycles. The van der Waals surface area contributed by atoms with Gasteiger partial charge in [-0.2, -0.15) is 0 Å². The molecule has 10 nitrogen and oxygen atoms in total. The lowest BCUT2D eigenvalue weighted by molar-refractivity contribution is -0.179. The highest BCUT2D eigenvalue weighted by Gasteiger charge is 2.61. The molecule has 4 aliphatic rings. The zero-order valence-electron chi connectivity index (χ0n) is 23.3. The summed E-state index contributed by atoms with van der Waals surface area (Å²) < 4.78 is 28.1. The molecule has 0 saturated carbocycles. The summed E-state index contributed by atoms with van der Waals surface area (Å²) in [6, 6.07) is 4.08. The second-order valence-corrected chi connectivity index (χ2v) is 11.8. The van der Waals surface area contributed by atoms with Crippen LogP contribution in [0.15, 0.2) is 24.0 Å². The quantitative estimate of drug-likeness (QED) is 0.447. The molecule has 0 bridgehead atoms. The Hall–Kier alpha value is -2.82. The van der Waals surface area contributed by atoms with Crippen LogP contribution in [0.2, 0.25) is 0 Å². The van der Waals surface area contributed by atoms with Crippen molar-refractivity contribution in [1.29, 1.82) is 0 Å². The van der Waals surface area contributed by atoms with Gasteiger partial charge in [0.15, 0.2) is 23.2 Å². The molecule has 2 N–H and O–H groups in total. The number of hydrogen-bond acceptors (Lipinski definition) is 10. The van der Waals surface area contributed by atoms with E-state index < -0.39 is 41.2 Å². The van der Waals surface area contributed by atoms with Crippen molar-refractivity contribution in [1.82, 2.24) is 4.90 Å². The Morgan fingerprint density at radius 3 is 2.46 bits per heavy atom. The van der Waals surface area contributed by atoms with E-state index >= 15 is 0 Å². The normalized spacial score (nSPS) is 28.6. The van der Waals surface area contributed by atoms with Crippen molar-refractivity contribution in [2.45, 2.75) is 94.1 Å². The van der Waals surface area contributed by atoms with Crippen LogP contribution in [0, 0.1) is 0 Å². The largest absolute Gasteiger partial charge is 0.497 e. The smallest absolute Gasteiger partial charge is 0.339 e. The van der Waals surface area contributed by atoms with Gasteiger partial charge in [0.05, 0.1) is 37.7 Å². The molecule has 3 heterocycles. The molecule has 5 atom stereocenters. The number of aliphatic hydroxyl groups is 2. The molecule has 0 radical (unpaired) electrons. The third-order valence-corrected chi connectivity index (χ3v) is 8.75. The Morgan fingerprint density at radius 2 is 1.82 bits per heavy atom. The van der Waals surface area contributed by atoms with Gasteiger partial charge in [-0.25, -0.2) is 4.79 Å². The highest BCUT2D eigenvalue weighted by Crippen LogP contribution is 2.60. The van der Waals surface area contributed by atoms with Crippen LogP contribution >= 0.6 is 0 Å². The molecule has 214 valence electrons. The third-order valence-electron chi connectivity index (χ3n) is 8.75. The SMILES string of the molecule is COC(=O)C[C@](O)(CCCC(C)(C)O)C(=O)O[C@@H]1C(OC)=C[C@]23CCCN2[C@@H](C)c2cc4c(cc2[C@H]13)OCO4. The standard InChI is InChI=1S/C29H39NO9/c1-17-18-12-20-21(38-16-37-20)13-19(18)24-25(22(35-4)14-28(24)9-7-11-30(17)28)39-26(32)29(34,15-23(31)36-5)10-6-8-27(2,3)33/h12-14,17,24-25,33-34H,6-11,15-16H2,1-5H3/t17-,24+,25+,28-,29+/m0/s1. The highest BCUT2D eigenvalue weighted by molar-refractivity contribution is 5.86. The Morgan fingerprint density at radius 1 is 1.13 bits per heavy atom. The summed E-state index contributed by atoms with van der Waals surface area (Å²) in [6.07, 6.45) is 3.07. The molecule has 1 saturated heterocycles. The molecule has 1 aromatic rings. The number of carbonyl (C=O) groups excluding carboxylic acids is 2. The fraction of sp³-hybridized carbons (Fsp3) is 0.655. The zero-order chi connectivity index (χ0) is 28.2. The summed E-state index contributed by atoms with van der Waals surface area (Å²) in [5.74, 6) is -0.104. The molecule has 1 aromatic carbocycles. The van der Waals surface area contributed by atoms with Gasteiger partial charge in [-0.1, -0.05) is 0 Å². The van der Waals surface area contributed by atoms with Crippen LogP contribution in [0.1, 0.15) is 82.4 Å². The van der Waals surface area contributed by atoms with Crippen molar-refractivity contribution in [3.8, 4) is 11.5 Å². The van der Waals surface area contributed by atoms with Crippen LogP contribution in [-0.4, -0.2) is 77.5 Å². The molecule has 5 rings (SSSR count). The van der Waals surface area contributed by atoms with E-state index in [1.165, 1.54) is 7.11 Å². The van der Waals surface area contributed by atoms with E-state index in [2.05, 4.69) is 17.9 Å². The first-order valence-electron chi connectivity index (χ1n) is 13.6. The van der Waals surface area contributed by atoms with Crippen molar-refractivity contribution >= 4 is 11.9 Å². The summed E-state index contributed by atoms with van der Waals surface area (Å²) in [6.45, 7) is 6.50. The van der Waals surface area contributed by atoms with Crippen LogP contribution in [0.25, 0.3) is 0 Å². The van der Waals surface area contributed by atoms with Crippen molar-refractivity contribution in [3.05, 3.63) is 35.1 Å². The minimum Gasteiger partial charge on any atom is -0.497 e. The lowest BCUT2D eigenvalue weighted by Gasteiger charge is -2.49. The summed E-state index contributed by atoms with van der Waals surface area (Å²) in [5, 5.41) is 21.6. The number of ether oxygens (including phenoxy) is 5. The van der Waals surface area contributed by atoms with E-state index in [4.69, 9.17) is 23.7 Å². The van der Waals surface area contributed by atoms with E-state index in [0.29, 0.717) is 30.1 Å². The van der Waals surface area contributed by atoms with Gasteiger partial charge in [0.25, 0.3) is 0 Å². The van der Waals surface area contributed by atoms with Crippen molar-refractivity contribution in [2.75, 3.05) is 27.6 Å². The van der Waals surface area contributed by atoms with E-state index in [0.717, 1.165) is 30.5 Å². The number of fused-ring (bicyclic) bond motifs is 3. The first-order chi connectivity index (χ1) is 18.4. The summed E-state index contributed by atoms with van der Waals surface area (Å²) in [4.78, 5) is 28.4. The maximum absolute atomic E-state index is 13.7. The van der Waals surface area contributed by atoms with Gasteiger partial charge in [-0.3, -0.25) is 9.69 Å². The molecular formula is C29H39NO9. The zero-order valence-corrected chi connectivity index (χ0v) is 23.3. The number of rotatable bonds is 9. The Bertz CT molecular complexity index is 1170. The maximum atomic E-state index is 13.7. The number of carbonyl (C=O) groups is 2. The van der Waals surface area contributed by atoms with Gasteiger partial charge >= 0.3 is 11.9 Å². The first kappa shape index (κ1) is 27.7. The molecule has 0 amide bonds. The van der Waals surface area contributed by atoms with Crippen molar-refractivity contribution in [3.63, 3.8) is 0 Å². The van der Waals surface area contributed by atoms with Gasteiger partial charge in [0.2, 0.25) is 6.79 Å². The molecule has 10 heteroatoms. The number of methoxy groups -OCH3 is 2. The van der Waals surface area contributed by atoms with E-state index in [1.807, 2.05) is 12.1 Å². The topological polar surface area (TPSA) is 124 Å². The number of esters is 2. The molecule has 0 unspecified atom stereocenters. The second-order valence-electron chi connectivity index (χ2n) is 11.8. The van der Waals surface area contributed by atoms with E-state index in [-0.39, 0.29) is 25.2 Å². The first-order valence-corrected chi connectivity index (χ1v) is 13.6. The van der Waals surface area contributed by atoms with E-state index in [1.54, 1.807) is 21.0 Å². The maximum Gasteiger partial charge on any atom is 0.339 e. The molecule has 1 fully saturated rings. The lowest BCUT2D eigenvalue weighted by atomic mass is 9.72. The third kappa shape index (κ3) is 4.76. The molecule has 1 spiro atoms. The fourth-order valence-electron chi connectivity index (χ4n) is 6.89. The fourth-order valence-corrected chi connectivity index (χ4v) is 6.89. The van der Waals surface area contributed by atoms with E-state index in [9.17, 15) is 19.8 Å². The van der Waals surface area contributed by atoms with Gasteiger partial charge < -0.3 is 33.9 Å². The van der Waals surface area contributed by atoms with Crippen LogP contribution in [-0.2, 0) is 23.8 Å². The average Bonchev–Trinajstić information content (AvgIpc) is 3.59. The molecule has 39 heavy (non-hydrogen) atoms. The van der Waals surface area contributed by atoms with Gasteiger partial charge in [-0.05, 0) is 88.8 Å². The van der Waals surface area contributed by atoms with Crippen molar-refractivity contribution in [2.24, 2.45) is 0 Å². The average molecular weight is 546 g/mol. The molecular weight excluding hydrogens is 506 g/mol. The van der Waals surface area contributed by atoms with Crippen LogP contribution in [0.4, 0.5) is 0 Å². The Labute approximate surface area is 228 Å². The molecule has 0 aromatic heterocycles. The van der Waals surface area contributed by atoms with Gasteiger partial charge in [0, 0.05) is 6.04 Å².